The highest BCUT2D eigenvalue weighted by Gasteiger charge is 2.30. The Morgan fingerprint density at radius 1 is 1.00 bits per heavy atom. The Balaban J connectivity index is 2.90. The number of carbonyl (C=O) groups excluding carboxylic acids is 4. The van der Waals surface area contributed by atoms with E-state index < -0.39 is 47.9 Å². The van der Waals surface area contributed by atoms with E-state index in [0.29, 0.717) is 18.5 Å². The van der Waals surface area contributed by atoms with Crippen LogP contribution in [0.4, 0.5) is 0 Å². The standard InChI is InChI=1S/C22H39N7O5/c1-12(2)5-15(18(30)8-19(31)27-16(21(24)33)6-13(3)4)29-22(34)17(28-20(32)9-23)7-14-10-25-11-26-14/h10-13,15-18,30H,5-9,23H2,1-4H3,(H2,24,33)(H,25,26)(H,27,31)(H,28,32)(H,29,34)/t15-,16-,17-,18-/m0/s1. The van der Waals surface area contributed by atoms with Gasteiger partial charge in [-0.2, -0.15) is 0 Å². The van der Waals surface area contributed by atoms with Gasteiger partial charge in [0.05, 0.1) is 37.1 Å². The van der Waals surface area contributed by atoms with Crippen LogP contribution in [0.1, 0.15) is 52.7 Å². The third kappa shape index (κ3) is 10.8. The number of nitrogens with one attached hydrogen (secondary N) is 4. The fourth-order valence-corrected chi connectivity index (χ4v) is 3.48. The van der Waals surface area contributed by atoms with Gasteiger partial charge in [-0.15, -0.1) is 0 Å². The molecule has 0 aliphatic rings. The summed E-state index contributed by atoms with van der Waals surface area (Å²) in [7, 11) is 0. The summed E-state index contributed by atoms with van der Waals surface area (Å²) in [6.45, 7) is 7.33. The lowest BCUT2D eigenvalue weighted by atomic mass is 9.96. The predicted octanol–water partition coefficient (Wildman–Crippen LogP) is -1.31. The number of imidazole rings is 1. The van der Waals surface area contributed by atoms with Gasteiger partial charge >= 0.3 is 0 Å². The Hall–Kier alpha value is -2.99. The van der Waals surface area contributed by atoms with Gasteiger partial charge in [0.1, 0.15) is 12.1 Å². The molecule has 0 saturated heterocycles. The lowest BCUT2D eigenvalue weighted by molar-refractivity contribution is -0.131. The van der Waals surface area contributed by atoms with E-state index >= 15 is 0 Å². The van der Waals surface area contributed by atoms with Crippen molar-refractivity contribution in [2.75, 3.05) is 6.54 Å². The van der Waals surface area contributed by atoms with Crippen molar-refractivity contribution in [3.05, 3.63) is 18.2 Å². The van der Waals surface area contributed by atoms with Gasteiger partial charge in [0.15, 0.2) is 0 Å². The molecule has 1 aromatic rings. The molecule has 34 heavy (non-hydrogen) atoms. The van der Waals surface area contributed by atoms with E-state index in [1.165, 1.54) is 6.33 Å². The molecule has 0 radical (unpaired) electrons. The zero-order chi connectivity index (χ0) is 25.8. The third-order valence-corrected chi connectivity index (χ3v) is 5.10. The number of amides is 4. The zero-order valence-corrected chi connectivity index (χ0v) is 20.3. The molecule has 0 aliphatic carbocycles. The van der Waals surface area contributed by atoms with Crippen LogP contribution in [0, 0.1) is 11.8 Å². The number of nitrogens with two attached hydrogens (primary N) is 2. The van der Waals surface area contributed by atoms with Gasteiger partial charge in [-0.25, -0.2) is 4.98 Å². The second-order valence-electron chi connectivity index (χ2n) is 9.26. The third-order valence-electron chi connectivity index (χ3n) is 5.10. The van der Waals surface area contributed by atoms with Gasteiger partial charge in [-0.05, 0) is 24.7 Å². The normalized spacial score (nSPS) is 14.8. The number of primary amides is 1. The quantitative estimate of drug-likeness (QED) is 0.161. The average Bonchev–Trinajstić information content (AvgIpc) is 3.24. The lowest BCUT2D eigenvalue weighted by Crippen LogP contribution is -2.55. The maximum atomic E-state index is 13.0. The van der Waals surface area contributed by atoms with Crippen molar-refractivity contribution in [2.24, 2.45) is 23.3 Å². The number of H-pyrrole nitrogens is 1. The Bertz CT molecular complexity index is 798. The molecule has 0 aliphatic heterocycles. The summed E-state index contributed by atoms with van der Waals surface area (Å²) in [4.78, 5) is 55.8. The molecule has 0 fully saturated rings. The van der Waals surface area contributed by atoms with Crippen molar-refractivity contribution < 1.29 is 24.3 Å². The first-order valence-electron chi connectivity index (χ1n) is 11.5. The van der Waals surface area contributed by atoms with Gasteiger partial charge in [0.25, 0.3) is 0 Å². The molecule has 12 heteroatoms. The van der Waals surface area contributed by atoms with Crippen LogP contribution in [0.25, 0.3) is 0 Å². The average molecular weight is 482 g/mol. The number of nitrogens with zero attached hydrogens (tertiary/aromatic N) is 1. The van der Waals surface area contributed by atoms with E-state index in [1.807, 2.05) is 27.7 Å². The number of hydrogen-bond acceptors (Lipinski definition) is 7. The fraction of sp³-hybridized carbons (Fsp3) is 0.682. The van der Waals surface area contributed by atoms with Crippen LogP contribution in [-0.2, 0) is 25.6 Å². The van der Waals surface area contributed by atoms with Crippen LogP contribution in [0.2, 0.25) is 0 Å². The maximum Gasteiger partial charge on any atom is 0.243 e. The summed E-state index contributed by atoms with van der Waals surface area (Å²) in [6.07, 6.45) is 2.36. The molecule has 0 bridgehead atoms. The Morgan fingerprint density at radius 3 is 2.12 bits per heavy atom. The summed E-state index contributed by atoms with van der Waals surface area (Å²) in [5.74, 6) is -2.04. The summed E-state index contributed by atoms with van der Waals surface area (Å²) >= 11 is 0. The molecule has 0 aromatic carbocycles. The first-order chi connectivity index (χ1) is 15.9. The number of aliphatic hydroxyl groups excluding tert-OH is 1. The van der Waals surface area contributed by atoms with Crippen LogP contribution in [0.15, 0.2) is 12.5 Å². The van der Waals surface area contributed by atoms with E-state index in [-0.39, 0.29) is 31.2 Å². The number of rotatable bonds is 15. The van der Waals surface area contributed by atoms with Crippen molar-refractivity contribution in [3.63, 3.8) is 0 Å². The molecule has 0 saturated carbocycles. The van der Waals surface area contributed by atoms with Gasteiger partial charge in [-0.1, -0.05) is 27.7 Å². The number of aliphatic hydroxyl groups is 1. The molecule has 0 unspecified atom stereocenters. The second kappa shape index (κ2) is 14.3. The highest BCUT2D eigenvalue weighted by molar-refractivity contribution is 5.89. The first-order valence-corrected chi connectivity index (χ1v) is 11.5. The molecule has 4 atom stereocenters. The summed E-state index contributed by atoms with van der Waals surface area (Å²) in [5, 5.41) is 18.6. The number of aromatic amines is 1. The van der Waals surface area contributed by atoms with Crippen LogP contribution in [0.3, 0.4) is 0 Å². The van der Waals surface area contributed by atoms with Crippen molar-refractivity contribution >= 4 is 23.6 Å². The van der Waals surface area contributed by atoms with E-state index in [9.17, 15) is 24.3 Å². The fourth-order valence-electron chi connectivity index (χ4n) is 3.48. The molecule has 9 N–H and O–H groups in total. The minimum Gasteiger partial charge on any atom is -0.390 e. The molecular weight excluding hydrogens is 442 g/mol. The first kappa shape index (κ1) is 29.0. The molecular formula is C22H39N7O5. The molecule has 0 spiro atoms. The highest BCUT2D eigenvalue weighted by Crippen LogP contribution is 2.13. The van der Waals surface area contributed by atoms with E-state index in [2.05, 4.69) is 25.9 Å². The van der Waals surface area contributed by atoms with Crippen LogP contribution >= 0.6 is 0 Å². The van der Waals surface area contributed by atoms with E-state index in [0.717, 1.165) is 0 Å². The van der Waals surface area contributed by atoms with Gasteiger partial charge in [0, 0.05) is 12.6 Å². The van der Waals surface area contributed by atoms with Crippen molar-refractivity contribution in [3.8, 4) is 0 Å². The Kier molecular flexibility index (Phi) is 12.2. The minimum absolute atomic E-state index is 0.0887. The van der Waals surface area contributed by atoms with Crippen LogP contribution < -0.4 is 27.4 Å². The Morgan fingerprint density at radius 2 is 1.62 bits per heavy atom. The number of aromatic nitrogens is 2. The zero-order valence-electron chi connectivity index (χ0n) is 20.3. The molecule has 4 amide bonds. The smallest absolute Gasteiger partial charge is 0.243 e. The molecule has 1 rings (SSSR count). The van der Waals surface area contributed by atoms with Crippen molar-refractivity contribution in [2.45, 2.75) is 77.6 Å². The van der Waals surface area contributed by atoms with Crippen LogP contribution in [0.5, 0.6) is 0 Å². The van der Waals surface area contributed by atoms with E-state index in [4.69, 9.17) is 11.5 Å². The highest BCUT2D eigenvalue weighted by atomic mass is 16.3. The molecule has 12 nitrogen and oxygen atoms in total. The van der Waals surface area contributed by atoms with Gasteiger partial charge in [-0.3, -0.25) is 19.2 Å². The summed E-state index contributed by atoms with van der Waals surface area (Å²) < 4.78 is 0. The molecule has 1 aromatic heterocycles. The topological polar surface area (TPSA) is 205 Å². The number of hydrogen-bond donors (Lipinski definition) is 7. The van der Waals surface area contributed by atoms with E-state index in [1.54, 1.807) is 6.20 Å². The van der Waals surface area contributed by atoms with Gasteiger partial charge in [0.2, 0.25) is 23.6 Å². The summed E-state index contributed by atoms with van der Waals surface area (Å²) in [6, 6.07) is -2.59. The largest absolute Gasteiger partial charge is 0.390 e. The monoisotopic (exact) mass is 481 g/mol. The predicted molar refractivity (Wildman–Crippen MR) is 126 cm³/mol. The summed E-state index contributed by atoms with van der Waals surface area (Å²) in [5.41, 5.74) is 11.3. The van der Waals surface area contributed by atoms with Crippen molar-refractivity contribution in [1.29, 1.82) is 0 Å². The van der Waals surface area contributed by atoms with Crippen LogP contribution in [-0.4, -0.2) is 69.5 Å². The maximum absolute atomic E-state index is 13.0. The lowest BCUT2D eigenvalue weighted by Gasteiger charge is -2.28. The van der Waals surface area contributed by atoms with Crippen molar-refractivity contribution in [1.82, 2.24) is 25.9 Å². The number of carbonyl (C=O) groups is 4. The molecule has 1 heterocycles. The van der Waals surface area contributed by atoms with Gasteiger partial charge < -0.3 is 37.5 Å². The minimum atomic E-state index is -1.23. The SMILES string of the molecule is CC(C)C[C@H](NC(=O)C[C@H](O)[C@H](CC(C)C)NC(=O)[C@H](Cc1c[nH]cn1)NC(=O)CN)C(N)=O. The second-order valence-corrected chi connectivity index (χ2v) is 9.26. The molecule has 192 valence electrons. The Labute approximate surface area is 200 Å².